The Morgan fingerprint density at radius 3 is 2.54 bits per heavy atom. The third-order valence-electron chi connectivity index (χ3n) is 4.91. The molecule has 0 aromatic carbocycles. The molecule has 1 fully saturated rings. The van der Waals surface area contributed by atoms with Crippen molar-refractivity contribution in [3.63, 3.8) is 0 Å². The van der Waals surface area contributed by atoms with Crippen LogP contribution in [0.3, 0.4) is 0 Å². The largest absolute Gasteiger partial charge is 0.370 e. The Morgan fingerprint density at radius 2 is 1.85 bits per heavy atom. The zero-order valence-electron chi connectivity index (χ0n) is 16.5. The van der Waals surface area contributed by atoms with Gasteiger partial charge in [0.15, 0.2) is 5.96 Å². The number of guanidine groups is 1. The number of pyridine rings is 1. The molecule has 0 saturated carbocycles. The van der Waals surface area contributed by atoms with Crippen LogP contribution in [0.25, 0.3) is 0 Å². The highest BCUT2D eigenvalue weighted by Gasteiger charge is 2.14. The Morgan fingerprint density at radius 1 is 1.12 bits per heavy atom. The van der Waals surface area contributed by atoms with E-state index in [0.29, 0.717) is 0 Å². The second-order valence-corrected chi connectivity index (χ2v) is 7.15. The van der Waals surface area contributed by atoms with Crippen molar-refractivity contribution in [2.75, 3.05) is 51.6 Å². The van der Waals surface area contributed by atoms with Crippen LogP contribution < -0.4 is 16.0 Å². The van der Waals surface area contributed by atoms with Crippen LogP contribution >= 0.6 is 0 Å². The molecule has 26 heavy (non-hydrogen) atoms. The van der Waals surface area contributed by atoms with Crippen molar-refractivity contribution in [1.82, 2.24) is 20.5 Å². The molecular weight excluding hydrogens is 324 g/mol. The van der Waals surface area contributed by atoms with Crippen LogP contribution in [0.1, 0.15) is 39.0 Å². The van der Waals surface area contributed by atoms with E-state index in [1.807, 2.05) is 31.4 Å². The van der Waals surface area contributed by atoms with Gasteiger partial charge < -0.3 is 20.9 Å². The van der Waals surface area contributed by atoms with Gasteiger partial charge in [0.1, 0.15) is 5.82 Å². The Hall–Kier alpha value is -1.82. The minimum absolute atomic E-state index is 0.909. The van der Waals surface area contributed by atoms with Crippen LogP contribution in [-0.4, -0.2) is 62.2 Å². The van der Waals surface area contributed by atoms with Crippen molar-refractivity contribution >= 4 is 11.8 Å². The Labute approximate surface area is 158 Å². The van der Waals surface area contributed by atoms with Gasteiger partial charge in [-0.25, -0.2) is 4.98 Å². The van der Waals surface area contributed by atoms with Gasteiger partial charge in [-0.2, -0.15) is 0 Å². The smallest absolute Gasteiger partial charge is 0.190 e. The standard InChI is InChI=1S/C20H36N6/c1-18-9-16-26(17-10-18)15-7-14-25-20(21-2)24-13-6-5-12-23-19-8-3-4-11-22-19/h3-4,8,11,18H,5-7,9-10,12-17H2,1-2H3,(H,22,23)(H2,21,24,25). The molecule has 1 aliphatic rings. The van der Waals surface area contributed by atoms with Gasteiger partial charge in [0.25, 0.3) is 0 Å². The Kier molecular flexibility index (Phi) is 9.87. The summed E-state index contributed by atoms with van der Waals surface area (Å²) in [6.07, 6.45) is 7.90. The number of anilines is 1. The molecule has 6 heteroatoms. The number of hydrogen-bond acceptors (Lipinski definition) is 4. The minimum Gasteiger partial charge on any atom is -0.370 e. The lowest BCUT2D eigenvalue weighted by Gasteiger charge is -2.30. The Balaban J connectivity index is 1.45. The first-order valence-electron chi connectivity index (χ1n) is 10.1. The predicted octanol–water partition coefficient (Wildman–Crippen LogP) is 2.56. The average Bonchev–Trinajstić information content (AvgIpc) is 2.68. The summed E-state index contributed by atoms with van der Waals surface area (Å²) in [5.74, 6) is 2.77. The van der Waals surface area contributed by atoms with Crippen molar-refractivity contribution in [3.05, 3.63) is 24.4 Å². The van der Waals surface area contributed by atoms with E-state index < -0.39 is 0 Å². The van der Waals surface area contributed by atoms with Crippen molar-refractivity contribution < 1.29 is 0 Å². The number of aliphatic imine (C=N–C) groups is 1. The highest BCUT2D eigenvalue weighted by molar-refractivity contribution is 5.79. The van der Waals surface area contributed by atoms with Gasteiger partial charge in [0.2, 0.25) is 0 Å². The van der Waals surface area contributed by atoms with Crippen molar-refractivity contribution in [2.24, 2.45) is 10.9 Å². The molecule has 6 nitrogen and oxygen atoms in total. The predicted molar refractivity (Wildman–Crippen MR) is 111 cm³/mol. The number of nitrogens with zero attached hydrogens (tertiary/aromatic N) is 3. The zero-order valence-corrected chi connectivity index (χ0v) is 16.5. The number of nitrogens with one attached hydrogen (secondary N) is 3. The van der Waals surface area contributed by atoms with Crippen LogP contribution in [0, 0.1) is 5.92 Å². The van der Waals surface area contributed by atoms with E-state index in [1.165, 1.54) is 38.9 Å². The van der Waals surface area contributed by atoms with Crippen LogP contribution in [-0.2, 0) is 0 Å². The lowest BCUT2D eigenvalue weighted by molar-refractivity contribution is 0.191. The zero-order chi connectivity index (χ0) is 18.5. The molecule has 0 bridgehead atoms. The third kappa shape index (κ3) is 8.52. The summed E-state index contributed by atoms with van der Waals surface area (Å²) in [5, 5.41) is 10.1. The molecule has 1 saturated heterocycles. The SMILES string of the molecule is CN=C(NCCCCNc1ccccn1)NCCCN1CCC(C)CC1. The molecule has 0 spiro atoms. The van der Waals surface area contributed by atoms with Gasteiger partial charge in [-0.15, -0.1) is 0 Å². The number of piperidine rings is 1. The summed E-state index contributed by atoms with van der Waals surface area (Å²) in [6.45, 7) is 8.94. The first-order chi connectivity index (χ1) is 12.8. The molecule has 0 unspecified atom stereocenters. The number of aromatic nitrogens is 1. The van der Waals surface area contributed by atoms with Gasteiger partial charge in [-0.1, -0.05) is 13.0 Å². The topological polar surface area (TPSA) is 64.6 Å². The van der Waals surface area contributed by atoms with Crippen LogP contribution in [0.15, 0.2) is 29.4 Å². The number of hydrogen-bond donors (Lipinski definition) is 3. The number of rotatable bonds is 10. The summed E-state index contributed by atoms with van der Waals surface area (Å²) >= 11 is 0. The van der Waals surface area contributed by atoms with Gasteiger partial charge in [0, 0.05) is 32.9 Å². The van der Waals surface area contributed by atoms with Gasteiger partial charge in [-0.3, -0.25) is 4.99 Å². The van der Waals surface area contributed by atoms with E-state index in [4.69, 9.17) is 0 Å². The number of unbranched alkanes of at least 4 members (excludes halogenated alkanes) is 1. The molecule has 2 rings (SSSR count). The van der Waals surface area contributed by atoms with E-state index in [-0.39, 0.29) is 0 Å². The molecule has 0 atom stereocenters. The molecule has 1 aromatic heterocycles. The first-order valence-corrected chi connectivity index (χ1v) is 10.1. The molecule has 0 amide bonds. The van der Waals surface area contributed by atoms with Crippen molar-refractivity contribution in [2.45, 2.75) is 39.0 Å². The fourth-order valence-electron chi connectivity index (χ4n) is 3.16. The van der Waals surface area contributed by atoms with E-state index >= 15 is 0 Å². The maximum Gasteiger partial charge on any atom is 0.190 e. The van der Waals surface area contributed by atoms with Crippen LogP contribution in [0.4, 0.5) is 5.82 Å². The molecule has 0 radical (unpaired) electrons. The summed E-state index contributed by atoms with van der Waals surface area (Å²) < 4.78 is 0. The normalized spacial score (nSPS) is 16.5. The lowest BCUT2D eigenvalue weighted by atomic mass is 9.99. The highest BCUT2D eigenvalue weighted by Crippen LogP contribution is 2.15. The van der Waals surface area contributed by atoms with E-state index in [1.54, 1.807) is 0 Å². The maximum absolute atomic E-state index is 4.30. The fraction of sp³-hybridized carbons (Fsp3) is 0.700. The van der Waals surface area contributed by atoms with Crippen molar-refractivity contribution in [1.29, 1.82) is 0 Å². The molecule has 146 valence electrons. The lowest BCUT2D eigenvalue weighted by Crippen LogP contribution is -2.40. The molecule has 2 heterocycles. The molecule has 1 aromatic rings. The van der Waals surface area contributed by atoms with E-state index in [9.17, 15) is 0 Å². The quantitative estimate of drug-likeness (QED) is 0.340. The summed E-state index contributed by atoms with van der Waals surface area (Å²) in [6, 6.07) is 5.92. The van der Waals surface area contributed by atoms with Crippen molar-refractivity contribution in [3.8, 4) is 0 Å². The molecule has 1 aliphatic heterocycles. The average molecular weight is 361 g/mol. The van der Waals surface area contributed by atoms with Gasteiger partial charge in [-0.05, 0) is 69.8 Å². The molecule has 0 aliphatic carbocycles. The summed E-state index contributed by atoms with van der Waals surface area (Å²) in [5.41, 5.74) is 0. The van der Waals surface area contributed by atoms with E-state index in [0.717, 1.165) is 50.2 Å². The second-order valence-electron chi connectivity index (χ2n) is 7.15. The summed E-state index contributed by atoms with van der Waals surface area (Å²) in [7, 11) is 1.84. The van der Waals surface area contributed by atoms with Gasteiger partial charge >= 0.3 is 0 Å². The minimum atomic E-state index is 0.909. The first kappa shape index (κ1) is 20.5. The summed E-state index contributed by atoms with van der Waals surface area (Å²) in [4.78, 5) is 11.2. The monoisotopic (exact) mass is 360 g/mol. The van der Waals surface area contributed by atoms with E-state index in [2.05, 4.69) is 37.8 Å². The third-order valence-corrected chi connectivity index (χ3v) is 4.91. The van der Waals surface area contributed by atoms with Crippen LogP contribution in [0.5, 0.6) is 0 Å². The Bertz CT molecular complexity index is 496. The maximum atomic E-state index is 4.30. The van der Waals surface area contributed by atoms with Gasteiger partial charge in [0.05, 0.1) is 0 Å². The number of likely N-dealkylation sites (tertiary alicyclic amines) is 1. The highest BCUT2D eigenvalue weighted by atomic mass is 15.2. The fourth-order valence-corrected chi connectivity index (χ4v) is 3.16. The molecule has 3 N–H and O–H groups in total. The van der Waals surface area contributed by atoms with Crippen LogP contribution in [0.2, 0.25) is 0 Å². The molecular formula is C20H36N6. The second kappa shape index (κ2) is 12.5.